The lowest BCUT2D eigenvalue weighted by Crippen LogP contribution is -2.24. The Kier molecular flexibility index (Phi) is 5.78. The summed E-state index contributed by atoms with van der Waals surface area (Å²) in [5.74, 6) is 1.33. The normalized spacial score (nSPS) is 10.6. The van der Waals surface area contributed by atoms with Crippen LogP contribution in [-0.2, 0) is 12.3 Å². The lowest BCUT2D eigenvalue weighted by molar-refractivity contribution is 0.0950. The van der Waals surface area contributed by atoms with Crippen molar-refractivity contribution in [3.05, 3.63) is 64.0 Å². The number of hydrogen-bond acceptors (Lipinski definition) is 6. The first-order valence-electron chi connectivity index (χ1n) is 7.77. The molecule has 1 N–H and O–H groups in total. The minimum atomic E-state index is -0.196. The van der Waals surface area contributed by atoms with E-state index < -0.39 is 0 Å². The van der Waals surface area contributed by atoms with Gasteiger partial charge in [0, 0.05) is 22.9 Å². The zero-order valence-corrected chi connectivity index (χ0v) is 15.7. The van der Waals surface area contributed by atoms with Crippen LogP contribution in [-0.4, -0.2) is 27.1 Å². The van der Waals surface area contributed by atoms with Crippen molar-refractivity contribution < 1.29 is 4.79 Å². The van der Waals surface area contributed by atoms with Gasteiger partial charge in [0.1, 0.15) is 10.8 Å². The molecule has 0 radical (unpaired) electrons. The Balaban J connectivity index is 1.77. The largest absolute Gasteiger partial charge is 0.346 e. The highest BCUT2D eigenvalue weighted by Gasteiger charge is 2.15. The fraction of sp³-hybridized carbons (Fsp3) is 0.222. The number of aromatic nitrogens is 3. The molecule has 0 saturated heterocycles. The number of rotatable bonds is 6. The third kappa shape index (κ3) is 4.43. The Morgan fingerprint density at radius 3 is 2.80 bits per heavy atom. The SMILES string of the molecule is CSCc1nc(CNC(=O)c2cnc(C)nc2-c2ccccc2)cs1. The molecule has 2 aromatic heterocycles. The van der Waals surface area contributed by atoms with Crippen LogP contribution in [0.1, 0.15) is 26.9 Å². The molecule has 0 bridgehead atoms. The van der Waals surface area contributed by atoms with Gasteiger partial charge < -0.3 is 5.32 Å². The quantitative estimate of drug-likeness (QED) is 0.716. The van der Waals surface area contributed by atoms with Crippen LogP contribution in [0.4, 0.5) is 0 Å². The fourth-order valence-electron chi connectivity index (χ4n) is 2.34. The molecule has 0 saturated carbocycles. The summed E-state index contributed by atoms with van der Waals surface area (Å²) in [6.45, 7) is 2.21. The maximum absolute atomic E-state index is 12.6. The van der Waals surface area contributed by atoms with Crippen molar-refractivity contribution in [2.75, 3.05) is 6.26 Å². The molecule has 3 rings (SSSR count). The van der Waals surface area contributed by atoms with Crippen molar-refractivity contribution in [2.45, 2.75) is 19.2 Å². The van der Waals surface area contributed by atoms with Gasteiger partial charge in [-0.1, -0.05) is 30.3 Å². The molecule has 2 heterocycles. The van der Waals surface area contributed by atoms with E-state index in [0.717, 1.165) is 22.0 Å². The molecule has 0 atom stereocenters. The predicted octanol–water partition coefficient (Wildman–Crippen LogP) is 3.70. The van der Waals surface area contributed by atoms with E-state index in [4.69, 9.17) is 0 Å². The molecule has 0 fully saturated rings. The Labute approximate surface area is 155 Å². The number of thioether (sulfide) groups is 1. The van der Waals surface area contributed by atoms with Crippen LogP contribution in [0.3, 0.4) is 0 Å². The van der Waals surface area contributed by atoms with Gasteiger partial charge in [-0.3, -0.25) is 4.79 Å². The van der Waals surface area contributed by atoms with Crippen LogP contribution in [0.15, 0.2) is 41.9 Å². The van der Waals surface area contributed by atoms with Gasteiger partial charge in [-0.25, -0.2) is 15.0 Å². The summed E-state index contributed by atoms with van der Waals surface area (Å²) in [5.41, 5.74) is 2.88. The number of hydrogen-bond donors (Lipinski definition) is 1. The lowest BCUT2D eigenvalue weighted by atomic mass is 10.1. The van der Waals surface area contributed by atoms with Crippen LogP contribution in [0.2, 0.25) is 0 Å². The van der Waals surface area contributed by atoms with E-state index in [1.54, 1.807) is 29.3 Å². The minimum absolute atomic E-state index is 0.196. The zero-order valence-electron chi connectivity index (χ0n) is 14.0. The molecule has 5 nitrogen and oxygen atoms in total. The molecule has 1 amide bonds. The molecule has 0 unspecified atom stereocenters. The molecular formula is C18H18N4OS2. The van der Waals surface area contributed by atoms with Crippen molar-refractivity contribution in [3.63, 3.8) is 0 Å². The van der Waals surface area contributed by atoms with Crippen LogP contribution in [0.5, 0.6) is 0 Å². The maximum Gasteiger partial charge on any atom is 0.255 e. The highest BCUT2D eigenvalue weighted by atomic mass is 32.2. The summed E-state index contributed by atoms with van der Waals surface area (Å²) in [7, 11) is 0. The smallest absolute Gasteiger partial charge is 0.255 e. The average molecular weight is 371 g/mol. The standard InChI is InChI=1S/C18H18N4OS2/c1-12-19-9-15(17(21-12)13-6-4-3-5-7-13)18(23)20-8-14-10-25-16(22-14)11-24-2/h3-7,9-10H,8,11H2,1-2H3,(H,20,23). The van der Waals surface area contributed by atoms with E-state index in [1.165, 1.54) is 0 Å². The van der Waals surface area contributed by atoms with E-state index in [1.807, 2.05) is 48.9 Å². The van der Waals surface area contributed by atoms with Crippen LogP contribution >= 0.6 is 23.1 Å². The molecule has 0 spiro atoms. The highest BCUT2D eigenvalue weighted by molar-refractivity contribution is 7.97. The van der Waals surface area contributed by atoms with Crippen LogP contribution < -0.4 is 5.32 Å². The maximum atomic E-state index is 12.6. The summed E-state index contributed by atoms with van der Waals surface area (Å²) in [6, 6.07) is 9.67. The molecular weight excluding hydrogens is 352 g/mol. The van der Waals surface area contributed by atoms with Gasteiger partial charge in [0.25, 0.3) is 5.91 Å². The molecule has 0 aliphatic heterocycles. The Morgan fingerprint density at radius 2 is 2.04 bits per heavy atom. The predicted molar refractivity (Wildman–Crippen MR) is 103 cm³/mol. The topological polar surface area (TPSA) is 67.8 Å². The number of nitrogens with zero attached hydrogens (tertiary/aromatic N) is 3. The molecule has 128 valence electrons. The number of thiazole rings is 1. The highest BCUT2D eigenvalue weighted by Crippen LogP contribution is 2.21. The van der Waals surface area contributed by atoms with Crippen molar-refractivity contribution in [3.8, 4) is 11.3 Å². The van der Waals surface area contributed by atoms with Crippen molar-refractivity contribution in [2.24, 2.45) is 0 Å². The Hall–Kier alpha value is -2.25. The van der Waals surface area contributed by atoms with Gasteiger partial charge in [0.15, 0.2) is 0 Å². The number of aryl methyl sites for hydroxylation is 1. The third-order valence-corrected chi connectivity index (χ3v) is 5.14. The summed E-state index contributed by atoms with van der Waals surface area (Å²) in [4.78, 5) is 25.8. The summed E-state index contributed by atoms with van der Waals surface area (Å²) in [5, 5.41) is 5.97. The van der Waals surface area contributed by atoms with Crippen LogP contribution in [0, 0.1) is 6.92 Å². The Bertz CT molecular complexity index is 865. The van der Waals surface area contributed by atoms with E-state index in [2.05, 4.69) is 20.3 Å². The van der Waals surface area contributed by atoms with Gasteiger partial charge >= 0.3 is 0 Å². The first-order valence-corrected chi connectivity index (χ1v) is 10.0. The number of benzene rings is 1. The van der Waals surface area contributed by atoms with Crippen molar-refractivity contribution in [1.29, 1.82) is 0 Å². The van der Waals surface area contributed by atoms with Gasteiger partial charge in [-0.2, -0.15) is 11.8 Å². The van der Waals surface area contributed by atoms with E-state index >= 15 is 0 Å². The lowest BCUT2D eigenvalue weighted by Gasteiger charge is -2.09. The number of amides is 1. The second-order valence-corrected chi connectivity index (χ2v) is 7.20. The molecule has 3 aromatic rings. The number of carbonyl (C=O) groups is 1. The summed E-state index contributed by atoms with van der Waals surface area (Å²) >= 11 is 3.35. The van der Waals surface area contributed by atoms with Crippen molar-refractivity contribution >= 4 is 29.0 Å². The molecule has 0 aliphatic rings. The van der Waals surface area contributed by atoms with Gasteiger partial charge in [-0.05, 0) is 13.2 Å². The first kappa shape index (κ1) is 17.6. The third-order valence-electron chi connectivity index (χ3n) is 3.50. The zero-order chi connectivity index (χ0) is 17.6. The average Bonchev–Trinajstić information content (AvgIpc) is 3.08. The first-order chi connectivity index (χ1) is 12.2. The fourth-order valence-corrected chi connectivity index (χ4v) is 3.85. The van der Waals surface area contributed by atoms with Gasteiger partial charge in [0.05, 0.1) is 23.5 Å². The van der Waals surface area contributed by atoms with E-state index in [-0.39, 0.29) is 5.91 Å². The van der Waals surface area contributed by atoms with Crippen LogP contribution in [0.25, 0.3) is 11.3 Å². The molecule has 25 heavy (non-hydrogen) atoms. The second-order valence-electron chi connectivity index (χ2n) is 5.39. The van der Waals surface area contributed by atoms with Crippen molar-refractivity contribution in [1.82, 2.24) is 20.3 Å². The number of nitrogens with one attached hydrogen (secondary N) is 1. The minimum Gasteiger partial charge on any atom is -0.346 e. The summed E-state index contributed by atoms with van der Waals surface area (Å²) < 4.78 is 0. The van der Waals surface area contributed by atoms with E-state index in [0.29, 0.717) is 23.6 Å². The summed E-state index contributed by atoms with van der Waals surface area (Å²) in [6.07, 6.45) is 3.63. The second kappa shape index (κ2) is 8.22. The molecule has 1 aromatic carbocycles. The number of carbonyl (C=O) groups excluding carboxylic acids is 1. The van der Waals surface area contributed by atoms with Gasteiger partial charge in [-0.15, -0.1) is 11.3 Å². The van der Waals surface area contributed by atoms with Gasteiger partial charge in [0.2, 0.25) is 0 Å². The monoisotopic (exact) mass is 370 g/mol. The Morgan fingerprint density at radius 1 is 1.24 bits per heavy atom. The molecule has 7 heteroatoms. The van der Waals surface area contributed by atoms with E-state index in [9.17, 15) is 4.79 Å². The molecule has 0 aliphatic carbocycles.